The van der Waals surface area contributed by atoms with Crippen molar-refractivity contribution in [3.8, 4) is 0 Å². The Balaban J connectivity index is 0.00000370. The van der Waals surface area contributed by atoms with Gasteiger partial charge in [-0.3, -0.25) is 9.47 Å². The molecule has 1 aliphatic rings. The number of halogens is 7. The standard InChI is InChI=1S/C28H22F6N4O.ClH/c29-20-5-3-18(23(30)14-20)2-1-10-37-11-8-24-22(16-37)21-6-4-19(28(32,33)34)13-25(21)38(24)27(39)36-15-17-7-9-35-26(31)12-17;/h1-7,9,12-14H,8,10-11,15-16H2,(H,36,39);1H/b2-1+;. The molecule has 3 heterocycles. The molecular weight excluding hydrogens is 558 g/mol. The first-order valence-electron chi connectivity index (χ1n) is 12.1. The van der Waals surface area contributed by atoms with Gasteiger partial charge in [-0.25, -0.2) is 18.6 Å². The molecule has 0 spiro atoms. The van der Waals surface area contributed by atoms with Crippen molar-refractivity contribution in [3.63, 3.8) is 0 Å². The molecule has 210 valence electrons. The van der Waals surface area contributed by atoms with Gasteiger partial charge in [0, 0.05) is 61.5 Å². The molecule has 1 amide bonds. The molecule has 1 aliphatic heterocycles. The lowest BCUT2D eigenvalue weighted by molar-refractivity contribution is -0.137. The SMILES string of the molecule is Cl.O=C(NCc1ccnc(F)c1)n1c2c(c3ccc(C(F)(F)F)cc31)CN(C/C=C/c1ccc(F)cc1F)CC2. The highest BCUT2D eigenvalue weighted by Gasteiger charge is 2.33. The van der Waals surface area contributed by atoms with E-state index in [1.54, 1.807) is 12.2 Å². The molecule has 0 radical (unpaired) electrons. The van der Waals surface area contributed by atoms with E-state index < -0.39 is 35.4 Å². The summed E-state index contributed by atoms with van der Waals surface area (Å²) >= 11 is 0. The van der Waals surface area contributed by atoms with Gasteiger partial charge in [0.25, 0.3) is 0 Å². The lowest BCUT2D eigenvalue weighted by Crippen LogP contribution is -2.34. The van der Waals surface area contributed by atoms with Gasteiger partial charge in [0.15, 0.2) is 0 Å². The van der Waals surface area contributed by atoms with Crippen LogP contribution in [0.3, 0.4) is 0 Å². The number of pyridine rings is 1. The largest absolute Gasteiger partial charge is 0.416 e. The van der Waals surface area contributed by atoms with E-state index in [2.05, 4.69) is 10.3 Å². The topological polar surface area (TPSA) is 50.2 Å². The number of carbonyl (C=O) groups is 1. The molecular formula is C28H23ClF6N4O. The third kappa shape index (κ3) is 6.15. The van der Waals surface area contributed by atoms with Crippen LogP contribution >= 0.6 is 12.4 Å². The maximum Gasteiger partial charge on any atom is 0.416 e. The zero-order valence-electron chi connectivity index (χ0n) is 20.8. The van der Waals surface area contributed by atoms with Crippen molar-refractivity contribution >= 4 is 35.4 Å². The fourth-order valence-corrected chi connectivity index (χ4v) is 4.75. The summed E-state index contributed by atoms with van der Waals surface area (Å²) in [4.78, 5) is 18.7. The van der Waals surface area contributed by atoms with Crippen LogP contribution in [-0.4, -0.2) is 33.6 Å². The molecule has 0 saturated heterocycles. The van der Waals surface area contributed by atoms with Crippen LogP contribution in [0.5, 0.6) is 0 Å². The van der Waals surface area contributed by atoms with E-state index in [1.807, 2.05) is 4.90 Å². The van der Waals surface area contributed by atoms with Crippen LogP contribution in [0.25, 0.3) is 17.0 Å². The van der Waals surface area contributed by atoms with Crippen LogP contribution in [0.4, 0.5) is 31.1 Å². The lowest BCUT2D eigenvalue weighted by atomic mass is 10.0. The second kappa shape index (κ2) is 11.7. The number of nitrogens with one attached hydrogen (secondary N) is 1. The van der Waals surface area contributed by atoms with Crippen molar-refractivity contribution in [1.82, 2.24) is 19.8 Å². The average Bonchev–Trinajstić information content (AvgIpc) is 3.21. The number of hydrogen-bond donors (Lipinski definition) is 1. The summed E-state index contributed by atoms with van der Waals surface area (Å²) in [5.74, 6) is -2.07. The molecule has 2 aromatic carbocycles. The fraction of sp³-hybridized carbons (Fsp3) is 0.214. The van der Waals surface area contributed by atoms with Crippen molar-refractivity contribution in [1.29, 1.82) is 0 Å². The van der Waals surface area contributed by atoms with Gasteiger partial charge >= 0.3 is 12.2 Å². The van der Waals surface area contributed by atoms with E-state index in [0.717, 1.165) is 35.9 Å². The number of amides is 1. The number of benzene rings is 2. The number of carbonyl (C=O) groups excluding carboxylic acids is 1. The molecule has 0 atom stereocenters. The first kappa shape index (κ1) is 29.2. The van der Waals surface area contributed by atoms with Gasteiger partial charge in [-0.15, -0.1) is 12.4 Å². The second-order valence-electron chi connectivity index (χ2n) is 9.19. The molecule has 0 saturated carbocycles. The minimum absolute atomic E-state index is 0. The number of hydrogen-bond acceptors (Lipinski definition) is 3. The van der Waals surface area contributed by atoms with Gasteiger partial charge in [-0.2, -0.15) is 17.6 Å². The van der Waals surface area contributed by atoms with Gasteiger partial charge in [0.1, 0.15) is 11.6 Å². The number of aromatic nitrogens is 2. The van der Waals surface area contributed by atoms with Gasteiger partial charge < -0.3 is 5.32 Å². The minimum Gasteiger partial charge on any atom is -0.333 e. The Kier molecular flexibility index (Phi) is 8.55. The van der Waals surface area contributed by atoms with Crippen molar-refractivity contribution in [2.75, 3.05) is 13.1 Å². The third-order valence-electron chi connectivity index (χ3n) is 6.62. The summed E-state index contributed by atoms with van der Waals surface area (Å²) in [5.41, 5.74) is 1.24. The van der Waals surface area contributed by atoms with E-state index in [9.17, 15) is 31.1 Å². The summed E-state index contributed by atoms with van der Waals surface area (Å²) in [7, 11) is 0. The predicted octanol–water partition coefficient (Wildman–Crippen LogP) is 6.72. The molecule has 40 heavy (non-hydrogen) atoms. The van der Waals surface area contributed by atoms with Crippen molar-refractivity contribution in [2.24, 2.45) is 0 Å². The molecule has 4 aromatic rings. The monoisotopic (exact) mass is 580 g/mol. The Morgan fingerprint density at radius 1 is 1.05 bits per heavy atom. The Bertz CT molecular complexity index is 1580. The summed E-state index contributed by atoms with van der Waals surface area (Å²) in [6.45, 7) is 1.21. The Morgan fingerprint density at radius 2 is 1.85 bits per heavy atom. The Hall–Kier alpha value is -3.83. The summed E-state index contributed by atoms with van der Waals surface area (Å²) in [6.07, 6.45) is 0.303. The molecule has 5 rings (SSSR count). The Morgan fingerprint density at radius 3 is 2.58 bits per heavy atom. The van der Waals surface area contributed by atoms with Crippen LogP contribution in [0.15, 0.2) is 60.8 Å². The molecule has 0 aliphatic carbocycles. The van der Waals surface area contributed by atoms with Crippen LogP contribution in [-0.2, 0) is 25.7 Å². The molecule has 1 N–H and O–H groups in total. The number of fused-ring (bicyclic) bond motifs is 3. The predicted molar refractivity (Wildman–Crippen MR) is 140 cm³/mol. The Labute approximate surface area is 231 Å². The fourth-order valence-electron chi connectivity index (χ4n) is 4.75. The molecule has 0 fully saturated rings. The summed E-state index contributed by atoms with van der Waals surface area (Å²) in [6, 6.07) is 8.67. The number of alkyl halides is 3. The van der Waals surface area contributed by atoms with Gasteiger partial charge in [-0.05, 0) is 47.5 Å². The van der Waals surface area contributed by atoms with Crippen LogP contribution in [0.2, 0.25) is 0 Å². The van der Waals surface area contributed by atoms with E-state index in [0.29, 0.717) is 42.7 Å². The van der Waals surface area contributed by atoms with E-state index in [-0.39, 0.29) is 30.0 Å². The van der Waals surface area contributed by atoms with Crippen molar-refractivity contribution in [2.45, 2.75) is 25.7 Å². The first-order chi connectivity index (χ1) is 18.6. The lowest BCUT2D eigenvalue weighted by Gasteiger charge is -2.27. The molecule has 0 bridgehead atoms. The van der Waals surface area contributed by atoms with E-state index in [1.165, 1.54) is 29.0 Å². The summed E-state index contributed by atoms with van der Waals surface area (Å²) < 4.78 is 82.3. The second-order valence-corrected chi connectivity index (χ2v) is 9.19. The van der Waals surface area contributed by atoms with E-state index in [4.69, 9.17) is 0 Å². The normalized spacial score (nSPS) is 13.8. The van der Waals surface area contributed by atoms with Crippen LogP contribution in [0.1, 0.15) is 27.9 Å². The van der Waals surface area contributed by atoms with Gasteiger partial charge in [0.05, 0.1) is 11.1 Å². The van der Waals surface area contributed by atoms with Crippen molar-refractivity contribution < 1.29 is 31.1 Å². The number of nitrogens with zero attached hydrogens (tertiary/aromatic N) is 3. The highest BCUT2D eigenvalue weighted by molar-refractivity contribution is 5.96. The third-order valence-corrected chi connectivity index (χ3v) is 6.62. The summed E-state index contributed by atoms with van der Waals surface area (Å²) in [5, 5.41) is 3.18. The molecule has 5 nitrogen and oxygen atoms in total. The smallest absolute Gasteiger partial charge is 0.333 e. The van der Waals surface area contributed by atoms with Gasteiger partial charge in [0.2, 0.25) is 5.95 Å². The minimum atomic E-state index is -4.60. The van der Waals surface area contributed by atoms with Crippen LogP contribution < -0.4 is 5.32 Å². The zero-order valence-corrected chi connectivity index (χ0v) is 21.6. The maximum absolute atomic E-state index is 13.9. The van der Waals surface area contributed by atoms with Crippen LogP contribution in [0, 0.1) is 17.6 Å². The molecule has 12 heteroatoms. The van der Waals surface area contributed by atoms with Gasteiger partial charge in [-0.1, -0.05) is 18.2 Å². The zero-order chi connectivity index (χ0) is 27.7. The highest BCUT2D eigenvalue weighted by atomic mass is 35.5. The number of rotatable bonds is 5. The van der Waals surface area contributed by atoms with Crippen molar-refractivity contribution in [3.05, 3.63) is 106 Å². The quantitative estimate of drug-likeness (QED) is 0.211. The van der Waals surface area contributed by atoms with E-state index >= 15 is 0 Å². The molecule has 2 aromatic heterocycles. The first-order valence-corrected chi connectivity index (χ1v) is 12.1. The highest BCUT2D eigenvalue weighted by Crippen LogP contribution is 2.36. The maximum atomic E-state index is 13.9. The average molecular weight is 581 g/mol. The molecule has 0 unspecified atom stereocenters.